The van der Waals surface area contributed by atoms with Gasteiger partial charge in [0.2, 0.25) is 0 Å². The van der Waals surface area contributed by atoms with Gasteiger partial charge in [0.1, 0.15) is 0 Å². The summed E-state index contributed by atoms with van der Waals surface area (Å²) in [5, 5.41) is 2.92. The Morgan fingerprint density at radius 1 is 1.29 bits per heavy atom. The lowest BCUT2D eigenvalue weighted by Crippen LogP contribution is -2.48. The van der Waals surface area contributed by atoms with Gasteiger partial charge in [0, 0.05) is 26.2 Å². The highest BCUT2D eigenvalue weighted by Gasteiger charge is 2.26. The van der Waals surface area contributed by atoms with Crippen LogP contribution in [0.25, 0.3) is 0 Å². The third-order valence-electron chi connectivity index (χ3n) is 2.86. The number of thiazole rings is 1. The molecule has 0 radical (unpaired) electrons. The molecular weight excluding hydrogens is 314 g/mol. The zero-order valence-corrected chi connectivity index (χ0v) is 14.3. The molecule has 1 aliphatic heterocycles. The number of aromatic nitrogens is 1. The van der Waals surface area contributed by atoms with E-state index in [9.17, 15) is 4.79 Å². The molecule has 0 unspecified atom stereocenters. The molecule has 1 fully saturated rings. The molecule has 118 valence electrons. The van der Waals surface area contributed by atoms with Gasteiger partial charge in [-0.15, -0.1) is 0 Å². The summed E-state index contributed by atoms with van der Waals surface area (Å²) in [7, 11) is 1.33. The monoisotopic (exact) mass is 333 g/mol. The van der Waals surface area contributed by atoms with Crippen molar-refractivity contribution in [1.29, 1.82) is 0 Å². The molecule has 0 N–H and O–H groups in total. The number of esters is 1. The molecule has 1 aliphatic rings. The summed E-state index contributed by atoms with van der Waals surface area (Å²) in [5.74, 6) is -0.446. The van der Waals surface area contributed by atoms with Crippen LogP contribution in [0.4, 0.5) is 5.13 Å². The average molecular weight is 334 g/mol. The van der Waals surface area contributed by atoms with Gasteiger partial charge in [-0.25, -0.2) is 9.78 Å². The molecule has 1 saturated heterocycles. The molecule has 0 spiro atoms. The molecule has 6 nitrogen and oxygen atoms in total. The Balaban J connectivity index is 1.98. The third kappa shape index (κ3) is 4.29. The number of methoxy groups -OCH3 is 1. The molecule has 8 heteroatoms. The van der Waals surface area contributed by atoms with Gasteiger partial charge in [-0.2, -0.15) is 5.06 Å². The van der Waals surface area contributed by atoms with E-state index >= 15 is 0 Å². The smallest absolute Gasteiger partial charge is 0.351 e. The summed E-state index contributed by atoms with van der Waals surface area (Å²) in [4.78, 5) is 24.1. The molecule has 0 bridgehead atoms. The van der Waals surface area contributed by atoms with Crippen LogP contribution in [0.3, 0.4) is 0 Å². The molecule has 21 heavy (non-hydrogen) atoms. The maximum atomic E-state index is 11.6. The van der Waals surface area contributed by atoms with Crippen molar-refractivity contribution in [3.05, 3.63) is 10.0 Å². The zero-order valence-electron chi connectivity index (χ0n) is 12.7. The van der Waals surface area contributed by atoms with Crippen molar-refractivity contribution in [1.82, 2.24) is 10.0 Å². The SMILES string of the molecule is COC(=O)c1sc(N2CCN(OC(C)(C)C)CC2)nc1Cl. The zero-order chi connectivity index (χ0) is 15.6. The lowest BCUT2D eigenvalue weighted by Gasteiger charge is -2.37. The van der Waals surface area contributed by atoms with Crippen LogP contribution in [0.2, 0.25) is 5.15 Å². The molecule has 0 aliphatic carbocycles. The fourth-order valence-corrected chi connectivity index (χ4v) is 3.25. The van der Waals surface area contributed by atoms with Gasteiger partial charge in [-0.05, 0) is 20.8 Å². The Kier molecular flexibility index (Phi) is 5.08. The van der Waals surface area contributed by atoms with E-state index < -0.39 is 5.97 Å². The normalized spacial score (nSPS) is 17.1. The highest BCUT2D eigenvalue weighted by Crippen LogP contribution is 2.31. The fourth-order valence-electron chi connectivity index (χ4n) is 2.00. The topological polar surface area (TPSA) is 54.9 Å². The first kappa shape index (κ1) is 16.5. The second kappa shape index (κ2) is 6.48. The number of anilines is 1. The van der Waals surface area contributed by atoms with Crippen LogP contribution in [0.1, 0.15) is 30.4 Å². The predicted octanol–water partition coefficient (Wildman–Crippen LogP) is 2.44. The van der Waals surface area contributed by atoms with Crippen molar-refractivity contribution in [3.8, 4) is 0 Å². The molecule has 1 aromatic heterocycles. The summed E-state index contributed by atoms with van der Waals surface area (Å²) < 4.78 is 4.69. The highest BCUT2D eigenvalue weighted by atomic mass is 35.5. The quantitative estimate of drug-likeness (QED) is 0.792. The standard InChI is InChI=1S/C13H20ClN3O3S/c1-13(2,3)20-17-7-5-16(6-8-17)12-15-10(14)9(21-12)11(18)19-4/h5-8H2,1-4H3. The highest BCUT2D eigenvalue weighted by molar-refractivity contribution is 7.18. The van der Waals surface area contributed by atoms with Gasteiger partial charge < -0.3 is 9.64 Å². The minimum absolute atomic E-state index is 0.190. The van der Waals surface area contributed by atoms with Crippen molar-refractivity contribution >= 4 is 34.0 Å². The summed E-state index contributed by atoms with van der Waals surface area (Å²) >= 11 is 7.25. The van der Waals surface area contributed by atoms with Crippen LogP contribution in [0.5, 0.6) is 0 Å². The largest absolute Gasteiger partial charge is 0.465 e. The van der Waals surface area contributed by atoms with E-state index in [2.05, 4.69) is 14.6 Å². The third-order valence-corrected chi connectivity index (χ3v) is 4.34. The van der Waals surface area contributed by atoms with E-state index in [0.29, 0.717) is 4.88 Å². The van der Waals surface area contributed by atoms with Crippen LogP contribution in [0.15, 0.2) is 0 Å². The first-order valence-electron chi connectivity index (χ1n) is 6.74. The molecule has 0 saturated carbocycles. The van der Waals surface area contributed by atoms with Gasteiger partial charge >= 0.3 is 5.97 Å². The Morgan fingerprint density at radius 2 is 1.90 bits per heavy atom. The molecule has 2 rings (SSSR count). The van der Waals surface area contributed by atoms with Gasteiger partial charge in [0.05, 0.1) is 12.7 Å². The van der Waals surface area contributed by atoms with Gasteiger partial charge in [-0.1, -0.05) is 22.9 Å². The number of hydroxylamine groups is 2. The number of carbonyl (C=O) groups excluding carboxylic acids is 1. The molecular formula is C13H20ClN3O3S. The van der Waals surface area contributed by atoms with Crippen molar-refractivity contribution < 1.29 is 14.4 Å². The average Bonchev–Trinajstić information content (AvgIpc) is 2.79. The second-order valence-electron chi connectivity index (χ2n) is 5.73. The maximum absolute atomic E-state index is 11.6. The van der Waals surface area contributed by atoms with Crippen LogP contribution in [-0.4, -0.2) is 54.9 Å². The van der Waals surface area contributed by atoms with Crippen molar-refractivity contribution in [3.63, 3.8) is 0 Å². The van der Waals surface area contributed by atoms with Crippen LogP contribution < -0.4 is 4.90 Å². The van der Waals surface area contributed by atoms with Crippen molar-refractivity contribution in [2.24, 2.45) is 0 Å². The number of rotatable bonds is 3. The van der Waals surface area contributed by atoms with Gasteiger partial charge in [0.15, 0.2) is 15.2 Å². The molecule has 0 aromatic carbocycles. The second-order valence-corrected chi connectivity index (χ2v) is 7.06. The van der Waals surface area contributed by atoms with E-state index in [1.807, 2.05) is 25.8 Å². The lowest BCUT2D eigenvalue weighted by atomic mass is 10.2. The Morgan fingerprint density at radius 3 is 2.43 bits per heavy atom. The maximum Gasteiger partial charge on any atom is 0.351 e. The predicted molar refractivity (Wildman–Crippen MR) is 83.1 cm³/mol. The van der Waals surface area contributed by atoms with Crippen LogP contribution in [0, 0.1) is 0 Å². The Hall–Kier alpha value is -0.890. The number of piperazine rings is 1. The van der Waals surface area contributed by atoms with Crippen LogP contribution in [-0.2, 0) is 9.57 Å². The number of hydrogen-bond acceptors (Lipinski definition) is 7. The summed E-state index contributed by atoms with van der Waals surface area (Å²) in [6.07, 6.45) is 0. The first-order chi connectivity index (χ1) is 9.80. The van der Waals surface area contributed by atoms with E-state index in [4.69, 9.17) is 16.4 Å². The van der Waals surface area contributed by atoms with Gasteiger partial charge in [-0.3, -0.25) is 4.84 Å². The molecule has 0 amide bonds. The Bertz CT molecular complexity index is 507. The summed E-state index contributed by atoms with van der Waals surface area (Å²) in [5.41, 5.74) is -0.190. The summed E-state index contributed by atoms with van der Waals surface area (Å²) in [6, 6.07) is 0. The van der Waals surface area contributed by atoms with Crippen molar-refractivity contribution in [2.45, 2.75) is 26.4 Å². The number of halogens is 1. The van der Waals surface area contributed by atoms with Crippen LogP contribution >= 0.6 is 22.9 Å². The molecule has 0 atom stereocenters. The molecule has 1 aromatic rings. The minimum Gasteiger partial charge on any atom is -0.465 e. The van der Waals surface area contributed by atoms with E-state index in [0.717, 1.165) is 31.3 Å². The first-order valence-corrected chi connectivity index (χ1v) is 7.93. The fraction of sp³-hybridized carbons (Fsp3) is 0.692. The number of nitrogens with zero attached hydrogens (tertiary/aromatic N) is 3. The molecule has 2 heterocycles. The van der Waals surface area contributed by atoms with E-state index in [-0.39, 0.29) is 10.8 Å². The number of ether oxygens (including phenoxy) is 1. The van der Waals surface area contributed by atoms with Crippen molar-refractivity contribution in [2.75, 3.05) is 38.2 Å². The van der Waals surface area contributed by atoms with Gasteiger partial charge in [0.25, 0.3) is 0 Å². The van der Waals surface area contributed by atoms with E-state index in [1.54, 1.807) is 0 Å². The Labute approximate surface area is 133 Å². The number of carbonyl (C=O) groups is 1. The lowest BCUT2D eigenvalue weighted by molar-refractivity contribution is -0.230. The number of hydrogen-bond donors (Lipinski definition) is 0. The van der Waals surface area contributed by atoms with E-state index in [1.165, 1.54) is 18.4 Å². The minimum atomic E-state index is -0.446. The summed E-state index contributed by atoms with van der Waals surface area (Å²) in [6.45, 7) is 9.21.